The fraction of sp³-hybridized carbons (Fsp3) is 0.364. The molecular formula is C22H24BrNO3S. The van der Waals surface area contributed by atoms with Crippen LogP contribution in [0.15, 0.2) is 64.0 Å². The molecule has 2 atom stereocenters. The summed E-state index contributed by atoms with van der Waals surface area (Å²) in [6.07, 6.45) is 4.11. The van der Waals surface area contributed by atoms with Gasteiger partial charge in [-0.25, -0.2) is 8.42 Å². The summed E-state index contributed by atoms with van der Waals surface area (Å²) >= 11 is 3.68. The van der Waals surface area contributed by atoms with Crippen LogP contribution in [0, 0.1) is 12.8 Å². The topological polar surface area (TPSA) is 46.6 Å². The Balaban J connectivity index is 1.77. The van der Waals surface area contributed by atoms with Crippen molar-refractivity contribution in [3.05, 3.63) is 70.2 Å². The number of methoxy groups -OCH3 is 1. The molecule has 1 saturated heterocycles. The first-order chi connectivity index (χ1) is 13.3. The van der Waals surface area contributed by atoms with Gasteiger partial charge in [-0.1, -0.05) is 51.8 Å². The minimum atomic E-state index is -3.54. The smallest absolute Gasteiger partial charge is 0.243 e. The maximum Gasteiger partial charge on any atom is 0.243 e. The lowest BCUT2D eigenvalue weighted by atomic mass is 9.68. The lowest BCUT2D eigenvalue weighted by Crippen LogP contribution is -2.36. The van der Waals surface area contributed by atoms with E-state index in [2.05, 4.69) is 28.1 Å². The van der Waals surface area contributed by atoms with Crippen molar-refractivity contribution >= 4 is 26.0 Å². The van der Waals surface area contributed by atoms with E-state index >= 15 is 0 Å². The zero-order chi connectivity index (χ0) is 19.9. The van der Waals surface area contributed by atoms with E-state index in [0.717, 1.165) is 34.2 Å². The first-order valence-corrected chi connectivity index (χ1v) is 11.7. The fourth-order valence-corrected chi connectivity index (χ4v) is 6.61. The average molecular weight is 462 g/mol. The van der Waals surface area contributed by atoms with Crippen molar-refractivity contribution in [2.45, 2.75) is 30.1 Å². The first kappa shape index (κ1) is 19.7. The second-order valence-electron chi connectivity index (χ2n) is 7.71. The third kappa shape index (κ3) is 3.31. The molecule has 6 heteroatoms. The summed E-state index contributed by atoms with van der Waals surface area (Å²) in [6.45, 7) is 2.93. The Morgan fingerprint density at radius 1 is 1.18 bits per heavy atom. The van der Waals surface area contributed by atoms with Crippen molar-refractivity contribution in [1.82, 2.24) is 4.31 Å². The third-order valence-corrected chi connectivity index (χ3v) is 8.45. The van der Waals surface area contributed by atoms with Crippen LogP contribution in [0.4, 0.5) is 0 Å². The van der Waals surface area contributed by atoms with Gasteiger partial charge < -0.3 is 4.74 Å². The van der Waals surface area contributed by atoms with Gasteiger partial charge in [-0.2, -0.15) is 4.31 Å². The van der Waals surface area contributed by atoms with Gasteiger partial charge >= 0.3 is 0 Å². The highest BCUT2D eigenvalue weighted by Crippen LogP contribution is 2.49. The van der Waals surface area contributed by atoms with E-state index in [4.69, 9.17) is 4.74 Å². The minimum absolute atomic E-state index is 0.237. The van der Waals surface area contributed by atoms with Crippen molar-refractivity contribution in [3.8, 4) is 5.75 Å². The van der Waals surface area contributed by atoms with Crippen LogP contribution in [-0.2, 0) is 15.4 Å². The number of ether oxygens (including phenoxy) is 1. The van der Waals surface area contributed by atoms with Gasteiger partial charge in [0.15, 0.2) is 0 Å². The molecule has 0 N–H and O–H groups in total. The van der Waals surface area contributed by atoms with Crippen molar-refractivity contribution in [3.63, 3.8) is 0 Å². The van der Waals surface area contributed by atoms with Gasteiger partial charge in [0, 0.05) is 18.5 Å². The summed E-state index contributed by atoms with van der Waals surface area (Å²) in [4.78, 5) is 0.362. The van der Waals surface area contributed by atoms with Crippen LogP contribution >= 0.6 is 15.9 Å². The molecule has 0 amide bonds. The minimum Gasteiger partial charge on any atom is -0.497 e. The predicted molar refractivity (Wildman–Crippen MR) is 114 cm³/mol. The molecule has 1 aliphatic carbocycles. The first-order valence-electron chi connectivity index (χ1n) is 9.44. The molecule has 4 rings (SSSR count). The number of hydrogen-bond acceptors (Lipinski definition) is 3. The van der Waals surface area contributed by atoms with Crippen molar-refractivity contribution in [2.24, 2.45) is 5.92 Å². The molecule has 1 heterocycles. The summed E-state index contributed by atoms with van der Waals surface area (Å²) in [5.74, 6) is 1.03. The number of fused-ring (bicyclic) bond motifs is 1. The van der Waals surface area contributed by atoms with Gasteiger partial charge in [0.25, 0.3) is 0 Å². The number of aryl methyl sites for hydroxylation is 1. The molecule has 2 aromatic rings. The largest absolute Gasteiger partial charge is 0.497 e. The number of hydrogen-bond donors (Lipinski definition) is 0. The molecule has 2 aromatic carbocycles. The van der Waals surface area contributed by atoms with Gasteiger partial charge in [0.1, 0.15) is 5.75 Å². The van der Waals surface area contributed by atoms with Crippen molar-refractivity contribution in [1.29, 1.82) is 0 Å². The van der Waals surface area contributed by atoms with Gasteiger partial charge in [0.05, 0.1) is 12.0 Å². The van der Waals surface area contributed by atoms with E-state index in [0.29, 0.717) is 18.0 Å². The second-order valence-corrected chi connectivity index (χ2v) is 10.7. The number of allylic oxidation sites excluding steroid dienone is 1. The number of benzene rings is 2. The zero-order valence-electron chi connectivity index (χ0n) is 16.1. The molecule has 4 nitrogen and oxygen atoms in total. The van der Waals surface area contributed by atoms with Gasteiger partial charge in [0.2, 0.25) is 10.0 Å². The van der Waals surface area contributed by atoms with Crippen LogP contribution in [0.2, 0.25) is 0 Å². The fourth-order valence-electron chi connectivity index (χ4n) is 4.44. The van der Waals surface area contributed by atoms with Crippen molar-refractivity contribution < 1.29 is 13.2 Å². The Hall–Kier alpha value is -1.63. The Kier molecular flexibility index (Phi) is 5.14. The normalized spacial score (nSPS) is 25.2. The van der Waals surface area contributed by atoms with E-state index in [9.17, 15) is 8.42 Å². The summed E-state index contributed by atoms with van der Waals surface area (Å²) in [5.41, 5.74) is 1.81. The van der Waals surface area contributed by atoms with Gasteiger partial charge in [-0.3, -0.25) is 0 Å². The number of rotatable bonds is 4. The molecule has 28 heavy (non-hydrogen) atoms. The molecule has 0 saturated carbocycles. The molecule has 2 unspecified atom stereocenters. The molecule has 0 bridgehead atoms. The van der Waals surface area contributed by atoms with Gasteiger partial charge in [-0.05, 0) is 60.0 Å². The molecule has 1 fully saturated rings. The van der Waals surface area contributed by atoms with Crippen LogP contribution in [0.1, 0.15) is 24.0 Å². The van der Waals surface area contributed by atoms with Gasteiger partial charge in [-0.15, -0.1) is 0 Å². The maximum absolute atomic E-state index is 13.3. The predicted octanol–water partition coefficient (Wildman–Crippen LogP) is 4.63. The van der Waals surface area contributed by atoms with Crippen LogP contribution in [-0.4, -0.2) is 32.9 Å². The quantitative estimate of drug-likeness (QED) is 0.666. The molecule has 2 aliphatic rings. The lowest BCUT2D eigenvalue weighted by molar-refractivity contribution is 0.372. The second kappa shape index (κ2) is 7.32. The standard InChI is InChI=1S/C22H24BrNO3S/c1-16-6-10-21(11-7-16)28(25,26)24-14-18-8-9-19(23)13-22(18,15-24)17-4-3-5-20(12-17)27-2/h3-7,10-13,18H,8-9,14-15H2,1-2H3. The molecule has 148 valence electrons. The van der Waals surface area contributed by atoms with Crippen molar-refractivity contribution in [2.75, 3.05) is 20.2 Å². The average Bonchev–Trinajstić information content (AvgIpc) is 3.09. The molecule has 0 spiro atoms. The lowest BCUT2D eigenvalue weighted by Gasteiger charge is -2.36. The van der Waals surface area contributed by atoms with Crippen LogP contribution in [0.3, 0.4) is 0 Å². The van der Waals surface area contributed by atoms with E-state index in [1.54, 1.807) is 23.5 Å². The molecular weight excluding hydrogens is 438 g/mol. The summed E-state index contributed by atoms with van der Waals surface area (Å²) in [7, 11) is -1.88. The highest BCUT2D eigenvalue weighted by atomic mass is 79.9. The van der Waals surface area contributed by atoms with E-state index in [-0.39, 0.29) is 11.3 Å². The summed E-state index contributed by atoms with van der Waals surface area (Å²) < 4.78 is 34.9. The van der Waals surface area contributed by atoms with E-state index < -0.39 is 10.0 Å². The highest BCUT2D eigenvalue weighted by molar-refractivity contribution is 9.11. The Morgan fingerprint density at radius 3 is 2.64 bits per heavy atom. The highest BCUT2D eigenvalue weighted by Gasteiger charge is 2.51. The molecule has 0 aromatic heterocycles. The van der Waals surface area contributed by atoms with E-state index in [1.807, 2.05) is 37.3 Å². The Morgan fingerprint density at radius 2 is 1.93 bits per heavy atom. The van der Waals surface area contributed by atoms with E-state index in [1.165, 1.54) is 0 Å². The summed E-state index contributed by atoms with van der Waals surface area (Å²) in [5, 5.41) is 0. The third-order valence-electron chi connectivity index (χ3n) is 6.00. The SMILES string of the molecule is COc1cccc(C23C=C(Br)CCC2CN(S(=O)(=O)c2ccc(C)cc2)C3)c1. The maximum atomic E-state index is 13.3. The number of sulfonamides is 1. The summed E-state index contributed by atoms with van der Waals surface area (Å²) in [6, 6.07) is 15.1. The Bertz CT molecular complexity index is 1020. The van der Waals surface area contributed by atoms with Crippen LogP contribution in [0.5, 0.6) is 5.75 Å². The monoisotopic (exact) mass is 461 g/mol. The Labute approximate surface area is 175 Å². The van der Waals surface area contributed by atoms with Crippen LogP contribution < -0.4 is 4.74 Å². The number of halogens is 1. The molecule has 1 aliphatic heterocycles. The molecule has 0 radical (unpaired) electrons. The van der Waals surface area contributed by atoms with Crippen LogP contribution in [0.25, 0.3) is 0 Å². The zero-order valence-corrected chi connectivity index (χ0v) is 18.5. The number of nitrogens with zero attached hydrogens (tertiary/aromatic N) is 1.